The highest BCUT2D eigenvalue weighted by Crippen LogP contribution is 2.33. The maximum absolute atomic E-state index is 9.98. The number of aliphatic hydroxyl groups excluding tert-OH is 1. The first-order valence-corrected chi connectivity index (χ1v) is 7.88. The highest BCUT2D eigenvalue weighted by atomic mass is 32.1. The van der Waals surface area contributed by atoms with Crippen LogP contribution in [-0.4, -0.2) is 34.7 Å². The molecule has 1 atom stereocenters. The highest BCUT2D eigenvalue weighted by Gasteiger charge is 2.30. The average molecular weight is 292 g/mol. The van der Waals surface area contributed by atoms with Crippen molar-refractivity contribution in [2.45, 2.75) is 32.4 Å². The van der Waals surface area contributed by atoms with Crippen molar-refractivity contribution in [3.63, 3.8) is 0 Å². The Morgan fingerprint density at radius 1 is 1.55 bits per heavy atom. The van der Waals surface area contributed by atoms with E-state index in [4.69, 9.17) is 4.42 Å². The Morgan fingerprint density at radius 2 is 2.35 bits per heavy atom. The molecule has 108 valence electrons. The number of aliphatic hydroxyl groups is 1. The molecule has 4 nitrogen and oxygen atoms in total. The van der Waals surface area contributed by atoms with Gasteiger partial charge in [0.2, 0.25) is 5.89 Å². The van der Waals surface area contributed by atoms with Gasteiger partial charge in [-0.15, -0.1) is 11.3 Å². The molecular formula is C15H20N2O2S. The van der Waals surface area contributed by atoms with Gasteiger partial charge in [0, 0.05) is 13.1 Å². The molecule has 0 aromatic carbocycles. The van der Waals surface area contributed by atoms with Crippen molar-refractivity contribution in [2.75, 3.05) is 13.6 Å². The molecule has 2 heterocycles. The molecule has 0 spiro atoms. The second kappa shape index (κ2) is 5.68. The van der Waals surface area contributed by atoms with Gasteiger partial charge in [-0.1, -0.05) is 6.07 Å². The minimum Gasteiger partial charge on any atom is -0.440 e. The van der Waals surface area contributed by atoms with Crippen LogP contribution in [-0.2, 0) is 6.54 Å². The number of hydrogen-bond acceptors (Lipinski definition) is 5. The minimum atomic E-state index is -0.205. The lowest BCUT2D eigenvalue weighted by Crippen LogP contribution is -2.30. The molecule has 5 heteroatoms. The van der Waals surface area contributed by atoms with Crippen LogP contribution in [0.25, 0.3) is 10.8 Å². The molecule has 1 aliphatic rings. The normalized spacial score (nSPS) is 16.8. The van der Waals surface area contributed by atoms with Crippen LogP contribution in [0.1, 0.15) is 24.3 Å². The number of thiophene rings is 1. The average Bonchev–Trinajstić information content (AvgIpc) is 3.00. The lowest BCUT2D eigenvalue weighted by atomic mass is 10.2. The van der Waals surface area contributed by atoms with Crippen LogP contribution < -0.4 is 0 Å². The summed E-state index contributed by atoms with van der Waals surface area (Å²) >= 11 is 1.63. The van der Waals surface area contributed by atoms with E-state index < -0.39 is 0 Å². The minimum absolute atomic E-state index is 0.205. The van der Waals surface area contributed by atoms with Crippen molar-refractivity contribution < 1.29 is 9.52 Å². The lowest BCUT2D eigenvalue weighted by molar-refractivity contribution is 0.103. The predicted molar refractivity (Wildman–Crippen MR) is 79.6 cm³/mol. The summed E-state index contributed by atoms with van der Waals surface area (Å²) in [6.45, 7) is 3.36. The zero-order valence-corrected chi connectivity index (χ0v) is 12.7. The zero-order chi connectivity index (χ0) is 14.1. The summed E-state index contributed by atoms with van der Waals surface area (Å²) in [5.74, 6) is 2.07. The van der Waals surface area contributed by atoms with E-state index in [0.29, 0.717) is 24.9 Å². The fraction of sp³-hybridized carbons (Fsp3) is 0.533. The summed E-state index contributed by atoms with van der Waals surface area (Å²) < 4.78 is 5.73. The first-order valence-electron chi connectivity index (χ1n) is 7.00. The van der Waals surface area contributed by atoms with Gasteiger partial charge in [-0.3, -0.25) is 4.90 Å². The number of likely N-dealkylation sites (N-methyl/N-ethyl adjacent to an activating group) is 1. The fourth-order valence-corrected chi connectivity index (χ4v) is 3.00. The molecular weight excluding hydrogens is 272 g/mol. The number of hydrogen-bond donors (Lipinski definition) is 1. The van der Waals surface area contributed by atoms with E-state index in [9.17, 15) is 5.11 Å². The van der Waals surface area contributed by atoms with E-state index in [1.807, 2.05) is 31.5 Å². The van der Waals surface area contributed by atoms with Gasteiger partial charge in [-0.2, -0.15) is 0 Å². The topological polar surface area (TPSA) is 49.5 Å². The molecule has 1 fully saturated rings. The van der Waals surface area contributed by atoms with Crippen LogP contribution in [0.5, 0.6) is 0 Å². The molecule has 3 rings (SSSR count). The molecule has 2 aromatic heterocycles. The Kier molecular flexibility index (Phi) is 3.92. The van der Waals surface area contributed by atoms with Crippen molar-refractivity contribution in [2.24, 2.45) is 5.92 Å². The number of nitrogens with zero attached hydrogens (tertiary/aromatic N) is 2. The zero-order valence-electron chi connectivity index (χ0n) is 11.9. The molecule has 20 heavy (non-hydrogen) atoms. The van der Waals surface area contributed by atoms with Crippen LogP contribution in [0.3, 0.4) is 0 Å². The third-order valence-corrected chi connectivity index (χ3v) is 4.57. The van der Waals surface area contributed by atoms with E-state index in [1.165, 1.54) is 12.8 Å². The maximum atomic E-state index is 9.98. The molecule has 1 unspecified atom stereocenters. The monoisotopic (exact) mass is 292 g/mol. The van der Waals surface area contributed by atoms with Gasteiger partial charge in [0.25, 0.3) is 0 Å². The van der Waals surface area contributed by atoms with E-state index >= 15 is 0 Å². The van der Waals surface area contributed by atoms with Crippen LogP contribution in [0.2, 0.25) is 0 Å². The second-order valence-electron chi connectivity index (χ2n) is 5.60. The second-order valence-corrected chi connectivity index (χ2v) is 6.55. The van der Waals surface area contributed by atoms with Gasteiger partial charge < -0.3 is 9.52 Å². The molecule has 0 saturated heterocycles. The first-order chi connectivity index (χ1) is 9.63. The van der Waals surface area contributed by atoms with Crippen molar-refractivity contribution in [1.82, 2.24) is 9.88 Å². The van der Waals surface area contributed by atoms with Crippen molar-refractivity contribution in [3.8, 4) is 10.8 Å². The SMILES string of the molecule is Cc1oc(-c2cccs2)nc1CN(C)CC(O)C1CC1. The molecule has 1 aliphatic carbocycles. The first kappa shape index (κ1) is 13.8. The van der Waals surface area contributed by atoms with Crippen LogP contribution in [0, 0.1) is 12.8 Å². The predicted octanol–water partition coefficient (Wildman–Crippen LogP) is 2.91. The smallest absolute Gasteiger partial charge is 0.236 e. The summed E-state index contributed by atoms with van der Waals surface area (Å²) in [6.07, 6.45) is 2.13. The molecule has 2 aromatic rings. The summed E-state index contributed by atoms with van der Waals surface area (Å²) in [4.78, 5) is 7.75. The number of aromatic nitrogens is 1. The van der Waals surface area contributed by atoms with Gasteiger partial charge in [0.15, 0.2) is 0 Å². The molecule has 0 radical (unpaired) electrons. The third-order valence-electron chi connectivity index (χ3n) is 3.71. The largest absolute Gasteiger partial charge is 0.440 e. The van der Waals surface area contributed by atoms with E-state index in [0.717, 1.165) is 16.3 Å². The lowest BCUT2D eigenvalue weighted by Gasteiger charge is -2.19. The van der Waals surface area contributed by atoms with Crippen molar-refractivity contribution >= 4 is 11.3 Å². The summed E-state index contributed by atoms with van der Waals surface area (Å²) in [6, 6.07) is 4.01. The van der Waals surface area contributed by atoms with Gasteiger partial charge in [0.05, 0.1) is 16.7 Å². The Morgan fingerprint density at radius 3 is 3.00 bits per heavy atom. The summed E-state index contributed by atoms with van der Waals surface area (Å²) in [5.41, 5.74) is 0.957. The molecule has 0 bridgehead atoms. The highest BCUT2D eigenvalue weighted by molar-refractivity contribution is 7.13. The Labute approximate surface area is 123 Å². The fourth-order valence-electron chi connectivity index (χ4n) is 2.35. The van der Waals surface area contributed by atoms with Crippen molar-refractivity contribution in [1.29, 1.82) is 0 Å². The molecule has 1 saturated carbocycles. The van der Waals surface area contributed by atoms with Gasteiger partial charge in [0.1, 0.15) is 5.76 Å². The van der Waals surface area contributed by atoms with Crippen LogP contribution >= 0.6 is 11.3 Å². The van der Waals surface area contributed by atoms with Gasteiger partial charge in [-0.05, 0) is 44.2 Å². The number of oxazole rings is 1. The summed E-state index contributed by atoms with van der Waals surface area (Å²) in [5, 5.41) is 12.0. The number of aryl methyl sites for hydroxylation is 1. The van der Waals surface area contributed by atoms with Crippen molar-refractivity contribution in [3.05, 3.63) is 29.0 Å². The van der Waals surface area contributed by atoms with Gasteiger partial charge in [-0.25, -0.2) is 4.98 Å². The Bertz CT molecular complexity index is 560. The number of rotatable bonds is 6. The van der Waals surface area contributed by atoms with E-state index in [1.54, 1.807) is 11.3 Å². The van der Waals surface area contributed by atoms with Gasteiger partial charge >= 0.3 is 0 Å². The van der Waals surface area contributed by atoms with E-state index in [2.05, 4.69) is 9.88 Å². The quantitative estimate of drug-likeness (QED) is 0.889. The van der Waals surface area contributed by atoms with Crippen LogP contribution in [0.15, 0.2) is 21.9 Å². The maximum Gasteiger partial charge on any atom is 0.236 e. The Hall–Kier alpha value is -1.17. The molecule has 0 amide bonds. The van der Waals surface area contributed by atoms with E-state index in [-0.39, 0.29) is 6.10 Å². The summed E-state index contributed by atoms with van der Waals surface area (Å²) in [7, 11) is 2.02. The third kappa shape index (κ3) is 3.11. The van der Waals surface area contributed by atoms with Crippen LogP contribution in [0.4, 0.5) is 0 Å². The Balaban J connectivity index is 1.64. The standard InChI is InChI=1S/C15H20N2O2S/c1-10-12(8-17(2)9-13(18)11-5-6-11)16-15(19-10)14-4-3-7-20-14/h3-4,7,11,13,18H,5-6,8-9H2,1-2H3. The molecule has 1 N–H and O–H groups in total. The molecule has 0 aliphatic heterocycles.